The van der Waals surface area contributed by atoms with Crippen LogP contribution in [0.3, 0.4) is 0 Å². The van der Waals surface area contributed by atoms with Crippen LogP contribution < -0.4 is 0 Å². The number of carbonyl (C=O) groups is 1. The highest BCUT2D eigenvalue weighted by Gasteiger charge is 1.92. The number of benzene rings is 1. The molecule has 2 nitrogen and oxygen atoms in total. The van der Waals surface area contributed by atoms with Crippen LogP contribution in [0.15, 0.2) is 42.5 Å². The molecular weight excluding hydrogens is 188 g/mol. The highest BCUT2D eigenvalue weighted by Crippen LogP contribution is 2.03. The third-order valence-electron chi connectivity index (χ3n) is 2.13. The minimum Gasteiger partial charge on any atom is -0.481 e. The number of allylic oxidation sites excluding steroid dienone is 2. The van der Waals surface area contributed by atoms with E-state index in [-0.39, 0.29) is 6.42 Å². The summed E-state index contributed by atoms with van der Waals surface area (Å²) in [6, 6.07) is 10.3. The predicted molar refractivity (Wildman–Crippen MR) is 60.8 cm³/mol. The predicted octanol–water partition coefficient (Wildman–Crippen LogP) is 3.04. The average Bonchev–Trinajstić information content (AvgIpc) is 2.24. The quantitative estimate of drug-likeness (QED) is 0.723. The van der Waals surface area contributed by atoms with Gasteiger partial charge in [0.15, 0.2) is 0 Å². The van der Waals surface area contributed by atoms with Crippen molar-refractivity contribution in [2.75, 3.05) is 0 Å². The molecule has 0 saturated heterocycles. The van der Waals surface area contributed by atoms with Crippen molar-refractivity contribution in [2.24, 2.45) is 0 Å². The minimum absolute atomic E-state index is 0.224. The molecule has 0 heterocycles. The molecule has 2 heteroatoms. The zero-order valence-corrected chi connectivity index (χ0v) is 8.73. The molecule has 0 unspecified atom stereocenters. The Labute approximate surface area is 90.3 Å². The minimum atomic E-state index is -0.734. The molecule has 0 spiro atoms. The molecule has 0 saturated carbocycles. The summed E-state index contributed by atoms with van der Waals surface area (Å²) in [6.45, 7) is 0. The molecule has 0 aliphatic heterocycles. The van der Waals surface area contributed by atoms with Crippen molar-refractivity contribution in [2.45, 2.75) is 25.7 Å². The Morgan fingerprint density at radius 2 is 1.80 bits per heavy atom. The standard InChI is InChI=1S/C13H16O2/c14-13(15)11-7-2-1-4-8-12-9-5-3-6-10-12/h1-3,5-6,9-10H,4,7-8,11H2,(H,14,15)/b2-1-. The van der Waals surface area contributed by atoms with Crippen LogP contribution in [0.2, 0.25) is 0 Å². The molecule has 1 N–H and O–H groups in total. The second-order valence-corrected chi connectivity index (χ2v) is 3.43. The molecule has 1 aromatic rings. The van der Waals surface area contributed by atoms with Crippen LogP contribution in [0.1, 0.15) is 24.8 Å². The van der Waals surface area contributed by atoms with Gasteiger partial charge in [0.2, 0.25) is 0 Å². The zero-order chi connectivity index (χ0) is 10.9. The van der Waals surface area contributed by atoms with E-state index in [0.717, 1.165) is 12.8 Å². The van der Waals surface area contributed by atoms with E-state index in [1.54, 1.807) is 0 Å². The summed E-state index contributed by atoms with van der Waals surface area (Å²) in [5, 5.41) is 8.41. The highest BCUT2D eigenvalue weighted by atomic mass is 16.4. The van der Waals surface area contributed by atoms with Crippen LogP contribution in [-0.2, 0) is 11.2 Å². The van der Waals surface area contributed by atoms with Gasteiger partial charge in [0.25, 0.3) is 0 Å². The fourth-order valence-corrected chi connectivity index (χ4v) is 1.34. The van der Waals surface area contributed by atoms with Crippen molar-refractivity contribution in [1.29, 1.82) is 0 Å². The van der Waals surface area contributed by atoms with Gasteiger partial charge >= 0.3 is 5.97 Å². The molecule has 0 aromatic heterocycles. The topological polar surface area (TPSA) is 37.3 Å². The van der Waals surface area contributed by atoms with E-state index >= 15 is 0 Å². The summed E-state index contributed by atoms with van der Waals surface area (Å²) < 4.78 is 0. The second-order valence-electron chi connectivity index (χ2n) is 3.43. The van der Waals surface area contributed by atoms with Crippen LogP contribution in [0.4, 0.5) is 0 Å². The Balaban J connectivity index is 2.14. The lowest BCUT2D eigenvalue weighted by molar-refractivity contribution is -0.136. The zero-order valence-electron chi connectivity index (χ0n) is 8.73. The highest BCUT2D eigenvalue weighted by molar-refractivity contribution is 5.66. The summed E-state index contributed by atoms with van der Waals surface area (Å²) >= 11 is 0. The van der Waals surface area contributed by atoms with Crippen LogP contribution in [0, 0.1) is 0 Å². The first-order valence-electron chi connectivity index (χ1n) is 5.20. The Morgan fingerprint density at radius 3 is 2.47 bits per heavy atom. The van der Waals surface area contributed by atoms with E-state index in [1.165, 1.54) is 5.56 Å². The Kier molecular flexibility index (Phi) is 5.23. The van der Waals surface area contributed by atoms with E-state index in [9.17, 15) is 4.79 Å². The Bertz CT molecular complexity index is 315. The van der Waals surface area contributed by atoms with Crippen LogP contribution in [-0.4, -0.2) is 11.1 Å². The van der Waals surface area contributed by atoms with Gasteiger partial charge in [0, 0.05) is 6.42 Å². The Morgan fingerprint density at radius 1 is 1.13 bits per heavy atom. The molecule has 0 bridgehead atoms. The number of carboxylic acids is 1. The first-order valence-corrected chi connectivity index (χ1v) is 5.20. The molecule has 1 rings (SSSR count). The van der Waals surface area contributed by atoms with Crippen molar-refractivity contribution in [1.82, 2.24) is 0 Å². The van der Waals surface area contributed by atoms with Gasteiger partial charge in [-0.3, -0.25) is 4.79 Å². The van der Waals surface area contributed by atoms with Gasteiger partial charge in [-0.15, -0.1) is 0 Å². The smallest absolute Gasteiger partial charge is 0.303 e. The number of rotatable bonds is 6. The largest absolute Gasteiger partial charge is 0.481 e. The maximum atomic E-state index is 10.2. The van der Waals surface area contributed by atoms with Crippen LogP contribution >= 0.6 is 0 Å². The van der Waals surface area contributed by atoms with Gasteiger partial charge in [0.1, 0.15) is 0 Å². The van der Waals surface area contributed by atoms with E-state index in [0.29, 0.717) is 6.42 Å². The maximum Gasteiger partial charge on any atom is 0.303 e. The lowest BCUT2D eigenvalue weighted by Gasteiger charge is -1.96. The van der Waals surface area contributed by atoms with Crippen molar-refractivity contribution in [3.05, 3.63) is 48.0 Å². The molecule has 15 heavy (non-hydrogen) atoms. The molecule has 0 radical (unpaired) electrons. The molecule has 0 amide bonds. The number of hydrogen-bond acceptors (Lipinski definition) is 1. The van der Waals surface area contributed by atoms with Gasteiger partial charge in [-0.1, -0.05) is 42.5 Å². The van der Waals surface area contributed by atoms with E-state index in [2.05, 4.69) is 18.2 Å². The van der Waals surface area contributed by atoms with Crippen LogP contribution in [0.5, 0.6) is 0 Å². The van der Waals surface area contributed by atoms with E-state index in [1.807, 2.05) is 24.3 Å². The van der Waals surface area contributed by atoms with Crippen molar-refractivity contribution < 1.29 is 9.90 Å². The third kappa shape index (κ3) is 5.68. The molecular formula is C13H16O2. The molecule has 1 aromatic carbocycles. The Hall–Kier alpha value is -1.57. The van der Waals surface area contributed by atoms with Gasteiger partial charge in [-0.05, 0) is 24.8 Å². The normalized spacial score (nSPS) is 10.7. The summed E-state index contributed by atoms with van der Waals surface area (Å²) in [7, 11) is 0. The number of aryl methyl sites for hydroxylation is 1. The maximum absolute atomic E-state index is 10.2. The first kappa shape index (κ1) is 11.5. The second kappa shape index (κ2) is 6.82. The lowest BCUT2D eigenvalue weighted by atomic mass is 10.1. The van der Waals surface area contributed by atoms with E-state index < -0.39 is 5.97 Å². The lowest BCUT2D eigenvalue weighted by Crippen LogP contribution is -1.91. The number of carboxylic acid groups (broad SMARTS) is 1. The monoisotopic (exact) mass is 204 g/mol. The van der Waals surface area contributed by atoms with Crippen molar-refractivity contribution in [3.63, 3.8) is 0 Å². The number of hydrogen-bond donors (Lipinski definition) is 1. The molecule has 80 valence electrons. The molecule has 0 fully saturated rings. The van der Waals surface area contributed by atoms with Gasteiger partial charge in [0.05, 0.1) is 0 Å². The molecule has 0 aliphatic rings. The van der Waals surface area contributed by atoms with Crippen molar-refractivity contribution in [3.8, 4) is 0 Å². The van der Waals surface area contributed by atoms with Crippen LogP contribution in [0.25, 0.3) is 0 Å². The third-order valence-corrected chi connectivity index (χ3v) is 2.13. The average molecular weight is 204 g/mol. The first-order chi connectivity index (χ1) is 7.29. The van der Waals surface area contributed by atoms with Crippen molar-refractivity contribution >= 4 is 5.97 Å². The van der Waals surface area contributed by atoms with Gasteiger partial charge in [-0.25, -0.2) is 0 Å². The van der Waals surface area contributed by atoms with Gasteiger partial charge < -0.3 is 5.11 Å². The number of aliphatic carboxylic acids is 1. The SMILES string of the molecule is O=C(O)CC/C=C\CCc1ccccc1. The summed E-state index contributed by atoms with van der Waals surface area (Å²) in [4.78, 5) is 10.2. The fraction of sp³-hybridized carbons (Fsp3) is 0.308. The van der Waals surface area contributed by atoms with E-state index in [4.69, 9.17) is 5.11 Å². The summed E-state index contributed by atoms with van der Waals surface area (Å²) in [5.41, 5.74) is 1.32. The fourth-order valence-electron chi connectivity index (χ4n) is 1.34. The summed E-state index contributed by atoms with van der Waals surface area (Å²) in [5.74, 6) is -0.734. The molecule has 0 aliphatic carbocycles. The van der Waals surface area contributed by atoms with Gasteiger partial charge in [-0.2, -0.15) is 0 Å². The molecule has 0 atom stereocenters. The summed E-state index contributed by atoms with van der Waals surface area (Å²) in [6.07, 6.45) is 6.84.